The second kappa shape index (κ2) is 15.6. The minimum atomic E-state index is -0.692. The van der Waals surface area contributed by atoms with Crippen LogP contribution in [0.4, 0.5) is 5.69 Å². The van der Waals surface area contributed by atoms with Crippen LogP contribution in [0.2, 0.25) is 0 Å². The highest BCUT2D eigenvalue weighted by atomic mass is 16.3. The molecule has 5 nitrogen and oxygen atoms in total. The van der Waals surface area contributed by atoms with Crippen LogP contribution in [0.25, 0.3) is 6.08 Å². The van der Waals surface area contributed by atoms with E-state index >= 15 is 0 Å². The van der Waals surface area contributed by atoms with Gasteiger partial charge in [-0.3, -0.25) is 4.79 Å². The first-order valence-electron chi connectivity index (χ1n) is 10.6. The molecule has 1 saturated heterocycles. The third kappa shape index (κ3) is 13.5. The summed E-state index contributed by atoms with van der Waals surface area (Å²) in [5, 5.41) is 17.0. The van der Waals surface area contributed by atoms with Crippen molar-refractivity contribution < 1.29 is 9.90 Å². The maximum Gasteiger partial charge on any atom is 0.259 e. The molecule has 0 aliphatic carbocycles. The molecule has 1 amide bonds. The van der Waals surface area contributed by atoms with Gasteiger partial charge in [0.15, 0.2) is 0 Å². The average Bonchev–Trinajstić information content (AvgIpc) is 2.67. The summed E-state index contributed by atoms with van der Waals surface area (Å²) in [7, 11) is 0. The number of hydrogen-bond acceptors (Lipinski definition) is 4. The summed E-state index contributed by atoms with van der Waals surface area (Å²) < 4.78 is 0. The Morgan fingerprint density at radius 2 is 1.66 bits per heavy atom. The third-order valence-electron chi connectivity index (χ3n) is 4.02. The molecule has 1 aliphatic heterocycles. The molecular formula is C24H39N3O2. The van der Waals surface area contributed by atoms with Gasteiger partial charge in [-0.15, -0.1) is 0 Å². The van der Waals surface area contributed by atoms with Crippen LogP contribution in [0.1, 0.15) is 65.9 Å². The number of piperidine rings is 1. The van der Waals surface area contributed by atoms with Gasteiger partial charge in [0.1, 0.15) is 11.6 Å². The molecule has 3 N–H and O–H groups in total. The minimum Gasteiger partial charge on any atom is -0.396 e. The van der Waals surface area contributed by atoms with Crippen LogP contribution in [0, 0.1) is 23.2 Å². The number of nitriles is 1. The number of rotatable bonds is 5. The maximum atomic E-state index is 11.0. The van der Waals surface area contributed by atoms with Crippen molar-refractivity contribution in [3.05, 3.63) is 35.4 Å². The normalized spacial score (nSPS) is 13.8. The molecule has 2 rings (SSSR count). The molecule has 1 aromatic rings. The predicted molar refractivity (Wildman–Crippen MR) is 122 cm³/mol. The van der Waals surface area contributed by atoms with E-state index in [0.717, 1.165) is 31.0 Å². The molecule has 0 aromatic heterocycles. The van der Waals surface area contributed by atoms with Crippen molar-refractivity contribution >= 4 is 17.7 Å². The summed E-state index contributed by atoms with van der Waals surface area (Å²) in [5.74, 6) is 0.789. The van der Waals surface area contributed by atoms with Crippen LogP contribution < -0.4 is 10.6 Å². The first-order valence-corrected chi connectivity index (χ1v) is 10.6. The fourth-order valence-corrected chi connectivity index (χ4v) is 2.52. The van der Waals surface area contributed by atoms with E-state index in [1.807, 2.05) is 24.3 Å². The molecule has 162 valence electrons. The number of hydrogen-bond donors (Lipinski definition) is 2. The number of benzene rings is 1. The number of carbonyl (C=O) groups is 1. The largest absolute Gasteiger partial charge is 0.396 e. The zero-order valence-corrected chi connectivity index (χ0v) is 18.8. The number of nitrogens with zero attached hydrogens (tertiary/aromatic N) is 2. The van der Waals surface area contributed by atoms with E-state index in [0.29, 0.717) is 12.5 Å². The number of primary amides is 1. The first-order chi connectivity index (χ1) is 13.7. The van der Waals surface area contributed by atoms with Crippen molar-refractivity contribution in [3.63, 3.8) is 0 Å². The Hall–Kier alpha value is -2.32. The number of amides is 1. The van der Waals surface area contributed by atoms with Crippen molar-refractivity contribution in [2.45, 2.75) is 60.3 Å². The molecule has 5 heteroatoms. The molecule has 0 radical (unpaired) electrons. The second-order valence-corrected chi connectivity index (χ2v) is 8.31. The zero-order valence-electron chi connectivity index (χ0n) is 18.8. The highest BCUT2D eigenvalue weighted by molar-refractivity contribution is 6.00. The van der Waals surface area contributed by atoms with Gasteiger partial charge in [-0.05, 0) is 61.3 Å². The Balaban J connectivity index is 0.000000654. The zero-order chi connectivity index (χ0) is 22.2. The van der Waals surface area contributed by atoms with Gasteiger partial charge in [-0.1, -0.05) is 46.8 Å². The number of aliphatic hydroxyl groups excluding tert-OH is 1. The molecule has 0 spiro atoms. The molecule has 1 heterocycles. The predicted octanol–water partition coefficient (Wildman–Crippen LogP) is 4.76. The van der Waals surface area contributed by atoms with Crippen molar-refractivity contribution in [1.82, 2.24) is 0 Å². The van der Waals surface area contributed by atoms with Crippen molar-refractivity contribution in [2.75, 3.05) is 24.6 Å². The highest BCUT2D eigenvalue weighted by Gasteiger charge is 2.10. The summed E-state index contributed by atoms with van der Waals surface area (Å²) in [6, 6.07) is 9.66. The number of anilines is 1. The van der Waals surface area contributed by atoms with Crippen LogP contribution in [0.3, 0.4) is 0 Å². The van der Waals surface area contributed by atoms with Crippen LogP contribution in [-0.4, -0.2) is 30.7 Å². The molecule has 29 heavy (non-hydrogen) atoms. The second-order valence-electron chi connectivity index (χ2n) is 8.31. The van der Waals surface area contributed by atoms with E-state index in [1.54, 1.807) is 6.07 Å². The first kappa shape index (κ1) is 26.7. The highest BCUT2D eigenvalue weighted by Crippen LogP contribution is 2.20. The molecule has 0 atom stereocenters. The third-order valence-corrected chi connectivity index (χ3v) is 4.02. The number of carbonyl (C=O) groups excluding carboxylic acids is 1. The van der Waals surface area contributed by atoms with Gasteiger partial charge in [0.05, 0.1) is 0 Å². The summed E-state index contributed by atoms with van der Waals surface area (Å²) in [5.41, 5.74) is 7.09. The van der Waals surface area contributed by atoms with Crippen LogP contribution in [-0.2, 0) is 4.79 Å². The van der Waals surface area contributed by atoms with Gasteiger partial charge in [0, 0.05) is 25.4 Å². The smallest absolute Gasteiger partial charge is 0.259 e. The van der Waals surface area contributed by atoms with Crippen molar-refractivity contribution in [1.29, 1.82) is 5.26 Å². The van der Waals surface area contributed by atoms with Crippen LogP contribution >= 0.6 is 0 Å². The lowest BCUT2D eigenvalue weighted by molar-refractivity contribution is -0.114. The lowest BCUT2D eigenvalue weighted by Gasteiger charge is -2.28. The average molecular weight is 402 g/mol. The van der Waals surface area contributed by atoms with Crippen molar-refractivity contribution in [2.24, 2.45) is 17.6 Å². The Labute approximate surface area is 177 Å². The molecular weight excluding hydrogens is 362 g/mol. The topological polar surface area (TPSA) is 90.3 Å². The maximum absolute atomic E-state index is 11.0. The molecule has 0 saturated carbocycles. The lowest BCUT2D eigenvalue weighted by atomic mass is 10.1. The van der Waals surface area contributed by atoms with Gasteiger partial charge in [-0.2, -0.15) is 5.26 Å². The summed E-state index contributed by atoms with van der Waals surface area (Å²) in [6.45, 7) is 13.2. The standard InChI is InChI=1S/C15H17N3O.C5H12O.C4H10/c16-11-13(15(17)19)10-12-4-6-14(7-5-12)18-8-2-1-3-9-18;1-5(2)3-4-6;1-4(2)3/h4-7,10H,1-3,8-9H2,(H2,17,19);5-6H,3-4H2,1-2H3;4H,1-3H3/b13-10+;;. The molecule has 0 unspecified atom stereocenters. The number of aliphatic hydroxyl groups is 1. The van der Waals surface area contributed by atoms with E-state index in [9.17, 15) is 4.79 Å². The quantitative estimate of drug-likeness (QED) is 0.550. The fraction of sp³-hybridized carbons (Fsp3) is 0.583. The Morgan fingerprint density at radius 3 is 2.00 bits per heavy atom. The Morgan fingerprint density at radius 1 is 1.14 bits per heavy atom. The summed E-state index contributed by atoms with van der Waals surface area (Å²) in [6.07, 6.45) is 6.23. The fourth-order valence-electron chi connectivity index (χ4n) is 2.52. The molecule has 1 aromatic carbocycles. The number of nitrogens with two attached hydrogens (primary N) is 1. The van der Waals surface area contributed by atoms with Gasteiger partial charge in [-0.25, -0.2) is 0 Å². The van der Waals surface area contributed by atoms with Gasteiger partial charge in [0.2, 0.25) is 0 Å². The minimum absolute atomic E-state index is 0.0225. The molecule has 1 fully saturated rings. The van der Waals surface area contributed by atoms with E-state index in [2.05, 4.69) is 39.5 Å². The van der Waals surface area contributed by atoms with E-state index < -0.39 is 5.91 Å². The van der Waals surface area contributed by atoms with Gasteiger partial charge < -0.3 is 15.7 Å². The van der Waals surface area contributed by atoms with Crippen molar-refractivity contribution in [3.8, 4) is 6.07 Å². The molecule has 0 bridgehead atoms. The summed E-state index contributed by atoms with van der Waals surface area (Å²) >= 11 is 0. The van der Waals surface area contributed by atoms with E-state index in [1.165, 1.54) is 31.0 Å². The Bertz CT molecular complexity index is 634. The lowest BCUT2D eigenvalue weighted by Crippen LogP contribution is -2.29. The monoisotopic (exact) mass is 401 g/mol. The SMILES string of the molecule is CC(C)C.CC(C)CCO.N#C/C(=C\c1ccc(N2CCCCC2)cc1)C(N)=O. The van der Waals surface area contributed by atoms with Crippen LogP contribution in [0.15, 0.2) is 29.8 Å². The Kier molecular flexibility index (Phi) is 14.3. The molecule has 1 aliphatic rings. The van der Waals surface area contributed by atoms with Gasteiger partial charge in [0.25, 0.3) is 5.91 Å². The van der Waals surface area contributed by atoms with E-state index in [-0.39, 0.29) is 5.57 Å². The van der Waals surface area contributed by atoms with E-state index in [4.69, 9.17) is 16.1 Å². The van der Waals surface area contributed by atoms with Gasteiger partial charge >= 0.3 is 0 Å². The summed E-state index contributed by atoms with van der Waals surface area (Å²) in [4.78, 5) is 13.3. The van der Waals surface area contributed by atoms with Crippen LogP contribution in [0.5, 0.6) is 0 Å².